The standard InChI is InChI=1S/C15H22NO2.C4F10NO4S2/c1-4-15(17)18-12-8-11-16(2,3)13-14-9-6-5-7-10-14;5-1(6,7)3(11,12)20(16,17)15-21(18,19)4(13,14)2(8,9)10/h4-7,9-10H,1,8,11-13H2,2-3H3;/q+1;-1. The number of rotatable bonds is 11. The van der Waals surface area contributed by atoms with Gasteiger partial charge in [-0.25, -0.2) is 21.6 Å². The lowest BCUT2D eigenvalue weighted by Gasteiger charge is -2.31. The van der Waals surface area contributed by atoms with E-state index in [1.165, 1.54) is 11.6 Å². The fraction of sp³-hybridized carbons (Fsp3) is 0.526. The van der Waals surface area contributed by atoms with Crippen molar-refractivity contribution in [3.63, 3.8) is 0 Å². The van der Waals surface area contributed by atoms with Crippen molar-refractivity contribution in [3.8, 4) is 0 Å². The average molecular weight is 629 g/mol. The summed E-state index contributed by atoms with van der Waals surface area (Å²) in [7, 11) is -10.9. The molecular formula is C19H22F10N2O6S2. The van der Waals surface area contributed by atoms with Gasteiger partial charge in [0.25, 0.3) is 0 Å². The third-order valence-electron chi connectivity index (χ3n) is 4.28. The van der Waals surface area contributed by atoms with Crippen LogP contribution in [0.15, 0.2) is 43.0 Å². The van der Waals surface area contributed by atoms with Crippen molar-refractivity contribution in [1.29, 1.82) is 0 Å². The summed E-state index contributed by atoms with van der Waals surface area (Å²) in [4.78, 5) is 10.9. The molecule has 0 N–H and O–H groups in total. The van der Waals surface area contributed by atoms with Crippen molar-refractivity contribution in [2.45, 2.75) is 35.8 Å². The molecule has 226 valence electrons. The summed E-state index contributed by atoms with van der Waals surface area (Å²) in [6.07, 6.45) is -11.9. The van der Waals surface area contributed by atoms with E-state index in [-0.39, 0.29) is 5.97 Å². The molecule has 0 saturated carbocycles. The zero-order valence-corrected chi connectivity index (χ0v) is 21.6. The second kappa shape index (κ2) is 12.8. The zero-order valence-electron chi connectivity index (χ0n) is 19.9. The van der Waals surface area contributed by atoms with Crippen LogP contribution < -0.4 is 0 Å². The third-order valence-corrected chi connectivity index (χ3v) is 7.61. The Morgan fingerprint density at radius 2 is 1.28 bits per heavy atom. The van der Waals surface area contributed by atoms with Gasteiger partial charge < -0.3 is 13.3 Å². The van der Waals surface area contributed by atoms with E-state index >= 15 is 0 Å². The molecule has 1 aromatic rings. The van der Waals surface area contributed by atoms with Crippen molar-refractivity contribution >= 4 is 26.0 Å². The number of alkyl halides is 10. The van der Waals surface area contributed by atoms with Gasteiger partial charge in [-0.15, -0.1) is 0 Å². The summed E-state index contributed by atoms with van der Waals surface area (Å²) in [6.45, 7) is 5.78. The molecule has 0 atom stereocenters. The number of sulfonamides is 2. The Kier molecular flexibility index (Phi) is 12.0. The van der Waals surface area contributed by atoms with Crippen LogP contribution in [0.1, 0.15) is 12.0 Å². The van der Waals surface area contributed by atoms with Crippen molar-refractivity contribution in [2.75, 3.05) is 27.2 Å². The molecule has 0 heterocycles. The topological polar surface area (TPSA) is 109 Å². The van der Waals surface area contributed by atoms with E-state index in [0.29, 0.717) is 10.7 Å². The molecule has 1 aromatic carbocycles. The fourth-order valence-electron chi connectivity index (χ4n) is 2.40. The minimum Gasteiger partial charge on any atom is -0.462 e. The van der Waals surface area contributed by atoms with Gasteiger partial charge in [0.15, 0.2) is 20.0 Å². The average Bonchev–Trinajstić information content (AvgIpc) is 2.75. The first-order valence-electron chi connectivity index (χ1n) is 10.0. The number of esters is 1. The van der Waals surface area contributed by atoms with E-state index in [1.54, 1.807) is 0 Å². The molecule has 0 saturated heterocycles. The molecule has 0 aliphatic carbocycles. The molecule has 20 heteroatoms. The van der Waals surface area contributed by atoms with E-state index in [4.69, 9.17) is 4.74 Å². The Hall–Kier alpha value is -2.45. The highest BCUT2D eigenvalue weighted by molar-refractivity contribution is 8.13. The monoisotopic (exact) mass is 628 g/mol. The number of ether oxygens (including phenoxy) is 1. The second-order valence-electron chi connectivity index (χ2n) is 8.08. The molecule has 0 amide bonds. The summed E-state index contributed by atoms with van der Waals surface area (Å²) in [5, 5.41) is -14.0. The first-order chi connectivity index (χ1) is 17.2. The minimum absolute atomic E-state index is 0.344. The highest BCUT2D eigenvalue weighted by atomic mass is 32.3. The molecule has 0 unspecified atom stereocenters. The molecule has 39 heavy (non-hydrogen) atoms. The lowest BCUT2D eigenvalue weighted by atomic mass is 10.2. The van der Waals surface area contributed by atoms with Gasteiger partial charge in [-0.05, 0) is 0 Å². The first-order valence-corrected chi connectivity index (χ1v) is 12.9. The van der Waals surface area contributed by atoms with E-state index in [0.717, 1.165) is 24.0 Å². The van der Waals surface area contributed by atoms with Gasteiger partial charge >= 0.3 is 28.8 Å². The number of benzene rings is 1. The number of quaternary nitrogens is 1. The van der Waals surface area contributed by atoms with Crippen LogP contribution in [0.2, 0.25) is 0 Å². The van der Waals surface area contributed by atoms with Crippen molar-refractivity contribution in [2.24, 2.45) is 0 Å². The van der Waals surface area contributed by atoms with Crippen LogP contribution in [-0.2, 0) is 36.1 Å². The maximum atomic E-state index is 12.3. The van der Waals surface area contributed by atoms with Gasteiger partial charge in [-0.1, -0.05) is 36.9 Å². The van der Waals surface area contributed by atoms with Crippen LogP contribution in [0.4, 0.5) is 43.9 Å². The molecule has 0 aliphatic rings. The maximum absolute atomic E-state index is 12.3. The van der Waals surface area contributed by atoms with Gasteiger partial charge in [0, 0.05) is 18.1 Å². The SMILES string of the molecule is C=CC(=O)OCCC[N+](C)(C)Cc1ccccc1.O=S(=O)([N-]S(=O)(=O)C(F)(F)C(F)(F)F)C(F)(F)C(F)(F)F. The summed E-state index contributed by atoms with van der Waals surface area (Å²) >= 11 is 0. The number of carbonyl (C=O) groups excluding carboxylic acids is 1. The summed E-state index contributed by atoms with van der Waals surface area (Å²) in [5.41, 5.74) is 1.32. The molecular weight excluding hydrogens is 606 g/mol. The number of carbonyl (C=O) groups is 1. The minimum atomic E-state index is -7.62. The Bertz CT molecular complexity index is 1130. The molecule has 0 aliphatic heterocycles. The van der Waals surface area contributed by atoms with Gasteiger partial charge in [-0.2, -0.15) is 43.9 Å². The normalized spacial score (nSPS) is 13.7. The molecule has 0 radical (unpaired) electrons. The van der Waals surface area contributed by atoms with E-state index < -0.39 is 42.9 Å². The molecule has 0 bridgehead atoms. The lowest BCUT2D eigenvalue weighted by molar-refractivity contribution is -0.903. The number of hydrogen-bond acceptors (Lipinski definition) is 6. The quantitative estimate of drug-likeness (QED) is 0.116. The van der Waals surface area contributed by atoms with Crippen LogP contribution in [0, 0.1) is 0 Å². The van der Waals surface area contributed by atoms with Crippen molar-refractivity contribution in [3.05, 3.63) is 52.7 Å². The Balaban J connectivity index is 0.000000748. The molecule has 0 spiro atoms. The Labute approximate surface area is 216 Å². The zero-order chi connectivity index (χ0) is 31.1. The number of nitrogens with zero attached hydrogens (tertiary/aromatic N) is 2. The summed E-state index contributed by atoms with van der Waals surface area (Å²) in [5.74, 6) is -0.344. The molecule has 8 nitrogen and oxygen atoms in total. The molecule has 0 fully saturated rings. The predicted octanol–water partition coefficient (Wildman–Crippen LogP) is 4.71. The molecule has 1 rings (SSSR count). The van der Waals surface area contributed by atoms with E-state index in [9.17, 15) is 65.5 Å². The molecule has 0 aromatic heterocycles. The summed E-state index contributed by atoms with van der Waals surface area (Å²) < 4.78 is 167. The van der Waals surface area contributed by atoms with Crippen LogP contribution >= 0.6 is 0 Å². The fourth-order valence-corrected chi connectivity index (χ4v) is 4.76. The van der Waals surface area contributed by atoms with Crippen LogP contribution in [0.5, 0.6) is 0 Å². The van der Waals surface area contributed by atoms with Crippen molar-refractivity contribution < 1.29 is 74.8 Å². The number of halogens is 10. The van der Waals surface area contributed by atoms with Gasteiger partial charge in [-0.3, -0.25) is 0 Å². The highest BCUT2D eigenvalue weighted by Crippen LogP contribution is 2.47. The Morgan fingerprint density at radius 3 is 1.64 bits per heavy atom. The lowest BCUT2D eigenvalue weighted by Crippen LogP contribution is -2.48. The van der Waals surface area contributed by atoms with E-state index in [2.05, 4.69) is 44.9 Å². The van der Waals surface area contributed by atoms with Crippen LogP contribution in [0.3, 0.4) is 0 Å². The summed E-state index contributed by atoms with van der Waals surface area (Å²) in [6, 6.07) is 10.4. The number of hydrogen-bond donors (Lipinski definition) is 0. The maximum Gasteiger partial charge on any atom is 0.467 e. The first kappa shape index (κ1) is 36.5. The van der Waals surface area contributed by atoms with Crippen LogP contribution in [-0.4, -0.2) is 77.4 Å². The van der Waals surface area contributed by atoms with Crippen molar-refractivity contribution in [1.82, 2.24) is 0 Å². The largest absolute Gasteiger partial charge is 0.467 e. The van der Waals surface area contributed by atoms with Gasteiger partial charge in [0.1, 0.15) is 6.54 Å². The van der Waals surface area contributed by atoms with E-state index in [1.807, 2.05) is 6.07 Å². The second-order valence-corrected chi connectivity index (χ2v) is 11.6. The highest BCUT2D eigenvalue weighted by Gasteiger charge is 2.68. The smallest absolute Gasteiger partial charge is 0.462 e. The third kappa shape index (κ3) is 10.2. The van der Waals surface area contributed by atoms with Gasteiger partial charge in [0.05, 0.1) is 27.2 Å². The van der Waals surface area contributed by atoms with Gasteiger partial charge in [0.2, 0.25) is 0 Å². The Morgan fingerprint density at radius 1 is 0.872 bits per heavy atom. The van der Waals surface area contributed by atoms with Crippen LogP contribution in [0.25, 0.3) is 4.13 Å². The predicted molar refractivity (Wildman–Crippen MR) is 116 cm³/mol.